The van der Waals surface area contributed by atoms with Crippen LogP contribution in [0.2, 0.25) is 0 Å². The van der Waals surface area contributed by atoms with Gasteiger partial charge in [0, 0.05) is 17.0 Å². The smallest absolute Gasteiger partial charge is 0.231 e. The second-order valence-electron chi connectivity index (χ2n) is 7.98. The van der Waals surface area contributed by atoms with Gasteiger partial charge in [0.15, 0.2) is 35.7 Å². The molecule has 0 unspecified atom stereocenters. The number of ether oxygens (including phenoxy) is 4. The zero-order valence-corrected chi connectivity index (χ0v) is 19.1. The molecule has 2 aliphatic heterocycles. The number of pyridine rings is 1. The Morgan fingerprint density at radius 2 is 1.81 bits per heavy atom. The Balaban J connectivity index is 1.43. The van der Waals surface area contributed by atoms with E-state index in [0.29, 0.717) is 6.61 Å². The third kappa shape index (κ3) is 3.26. The summed E-state index contributed by atoms with van der Waals surface area (Å²) >= 11 is 3.48. The minimum absolute atomic E-state index is 0.287. The molecule has 0 amide bonds. The van der Waals surface area contributed by atoms with Crippen LogP contribution in [0.4, 0.5) is 0 Å². The third-order valence-electron chi connectivity index (χ3n) is 6.09. The lowest BCUT2D eigenvalue weighted by Gasteiger charge is -2.18. The van der Waals surface area contributed by atoms with Crippen LogP contribution in [0.15, 0.2) is 65.3 Å². The van der Waals surface area contributed by atoms with Crippen molar-refractivity contribution in [3.63, 3.8) is 0 Å². The van der Waals surface area contributed by atoms with E-state index >= 15 is 0 Å². The van der Waals surface area contributed by atoms with Crippen LogP contribution in [-0.2, 0) is 19.6 Å². The lowest BCUT2D eigenvalue weighted by Crippen LogP contribution is -2.40. The molecule has 160 valence electrons. The van der Waals surface area contributed by atoms with Crippen LogP contribution in [0.5, 0.6) is 23.0 Å². The number of fused-ring (bicyclic) bond motifs is 5. The molecule has 0 saturated heterocycles. The van der Waals surface area contributed by atoms with E-state index in [1.807, 2.05) is 18.2 Å². The van der Waals surface area contributed by atoms with Crippen LogP contribution in [-0.4, -0.2) is 13.9 Å². The second kappa shape index (κ2) is 7.71. The first-order valence-corrected chi connectivity index (χ1v) is 11.3. The summed E-state index contributed by atoms with van der Waals surface area (Å²) in [6.07, 6.45) is 3.12. The van der Waals surface area contributed by atoms with Crippen molar-refractivity contribution in [1.82, 2.24) is 0 Å². The summed E-state index contributed by atoms with van der Waals surface area (Å²) < 4.78 is 26.5. The largest absolute Gasteiger partial charge is 0.493 e. The molecule has 0 N–H and O–H groups in total. The first-order valence-electron chi connectivity index (χ1n) is 10.5. The molecule has 5 nitrogen and oxygen atoms in total. The topological polar surface area (TPSA) is 40.8 Å². The Morgan fingerprint density at radius 1 is 1.00 bits per heavy atom. The van der Waals surface area contributed by atoms with E-state index in [4.69, 9.17) is 18.9 Å². The van der Waals surface area contributed by atoms with Crippen molar-refractivity contribution in [2.24, 2.45) is 0 Å². The van der Waals surface area contributed by atoms with E-state index in [1.165, 1.54) is 16.8 Å². The van der Waals surface area contributed by atoms with E-state index in [9.17, 15) is 0 Å². The number of aryl methyl sites for hydroxylation is 2. The van der Waals surface area contributed by atoms with E-state index in [0.717, 1.165) is 56.8 Å². The quantitative estimate of drug-likeness (QED) is 0.357. The van der Waals surface area contributed by atoms with Crippen molar-refractivity contribution in [2.45, 2.75) is 19.6 Å². The summed E-state index contributed by atoms with van der Waals surface area (Å²) in [5.41, 5.74) is 4.74. The van der Waals surface area contributed by atoms with Crippen molar-refractivity contribution < 1.29 is 23.5 Å². The number of halogens is 1. The lowest BCUT2D eigenvalue weighted by atomic mass is 9.95. The van der Waals surface area contributed by atoms with Crippen LogP contribution in [0.1, 0.15) is 11.1 Å². The normalized spacial score (nSPS) is 13.6. The van der Waals surface area contributed by atoms with Crippen molar-refractivity contribution in [3.8, 4) is 34.3 Å². The van der Waals surface area contributed by atoms with Crippen LogP contribution < -0.4 is 23.5 Å². The molecule has 0 saturated carbocycles. The summed E-state index contributed by atoms with van der Waals surface area (Å²) in [4.78, 5) is 0. The van der Waals surface area contributed by atoms with Gasteiger partial charge in [-0.2, -0.15) is 4.57 Å². The van der Waals surface area contributed by atoms with Crippen LogP contribution in [0.3, 0.4) is 0 Å². The minimum Gasteiger partial charge on any atom is -0.493 e. The predicted molar refractivity (Wildman–Crippen MR) is 124 cm³/mol. The third-order valence-corrected chi connectivity index (χ3v) is 6.62. The first-order chi connectivity index (χ1) is 15.7. The molecular formula is C26H21BrNO4+. The maximum Gasteiger partial charge on any atom is 0.231 e. The highest BCUT2D eigenvalue weighted by molar-refractivity contribution is 9.10. The van der Waals surface area contributed by atoms with Crippen molar-refractivity contribution in [2.75, 3.05) is 13.9 Å². The Morgan fingerprint density at radius 3 is 2.62 bits per heavy atom. The highest BCUT2D eigenvalue weighted by Gasteiger charge is 2.28. The minimum atomic E-state index is 0.287. The summed E-state index contributed by atoms with van der Waals surface area (Å²) in [5, 5.41) is 2.14. The fraction of sp³-hybridized carbons (Fsp3) is 0.192. The van der Waals surface area contributed by atoms with Gasteiger partial charge in [-0.05, 0) is 52.9 Å². The van der Waals surface area contributed by atoms with Gasteiger partial charge in [0.25, 0.3) is 0 Å². The molecule has 6 rings (SSSR count). The summed E-state index contributed by atoms with van der Waals surface area (Å²) in [6, 6.07) is 18.7. The number of methoxy groups -OCH3 is 1. The predicted octanol–water partition coefficient (Wildman–Crippen LogP) is 5.43. The highest BCUT2D eigenvalue weighted by atomic mass is 79.9. The highest BCUT2D eigenvalue weighted by Crippen LogP contribution is 2.41. The molecule has 0 bridgehead atoms. The zero-order valence-electron chi connectivity index (χ0n) is 17.6. The van der Waals surface area contributed by atoms with E-state index in [1.54, 1.807) is 7.11 Å². The summed E-state index contributed by atoms with van der Waals surface area (Å²) in [6.45, 7) is 1.65. The average molecular weight is 491 g/mol. The Labute approximate surface area is 194 Å². The molecule has 2 aliphatic rings. The number of benzene rings is 3. The van der Waals surface area contributed by atoms with E-state index in [-0.39, 0.29) is 6.79 Å². The van der Waals surface area contributed by atoms with Crippen LogP contribution >= 0.6 is 15.9 Å². The van der Waals surface area contributed by atoms with Crippen molar-refractivity contribution in [3.05, 3.63) is 76.4 Å². The Kier molecular flexibility index (Phi) is 4.68. The van der Waals surface area contributed by atoms with Gasteiger partial charge in [-0.15, -0.1) is 0 Å². The monoisotopic (exact) mass is 490 g/mol. The summed E-state index contributed by atoms with van der Waals surface area (Å²) in [5.74, 6) is 3.14. The Bertz CT molecular complexity index is 1350. The molecule has 0 atom stereocenters. The number of aromatic nitrogens is 1. The van der Waals surface area contributed by atoms with Gasteiger partial charge in [-0.3, -0.25) is 0 Å². The van der Waals surface area contributed by atoms with Gasteiger partial charge < -0.3 is 18.9 Å². The average Bonchev–Trinajstić information content (AvgIpc) is 3.28. The molecule has 3 aromatic carbocycles. The molecule has 0 fully saturated rings. The molecule has 6 heteroatoms. The SMILES string of the molecule is COc1ccc2cc3[n+](cc2c1OCc1ccc(Br)cc1)CCc1cc2c(cc1-3)OCO2. The fourth-order valence-corrected chi connectivity index (χ4v) is 4.71. The molecule has 4 aromatic rings. The fourth-order valence-electron chi connectivity index (χ4n) is 4.44. The summed E-state index contributed by atoms with van der Waals surface area (Å²) in [7, 11) is 1.68. The van der Waals surface area contributed by atoms with E-state index < -0.39 is 0 Å². The molecule has 0 radical (unpaired) electrons. The molecule has 3 heterocycles. The van der Waals surface area contributed by atoms with Gasteiger partial charge in [0.2, 0.25) is 12.5 Å². The van der Waals surface area contributed by atoms with Gasteiger partial charge in [-0.25, -0.2) is 0 Å². The number of rotatable bonds is 4. The van der Waals surface area contributed by atoms with Crippen molar-refractivity contribution >= 4 is 26.7 Å². The number of hydrogen-bond acceptors (Lipinski definition) is 4. The lowest BCUT2D eigenvalue weighted by molar-refractivity contribution is -0.686. The maximum atomic E-state index is 6.30. The Hall–Kier alpha value is -3.25. The van der Waals surface area contributed by atoms with Crippen molar-refractivity contribution in [1.29, 1.82) is 0 Å². The van der Waals surface area contributed by atoms with E-state index in [2.05, 4.69) is 63.1 Å². The van der Waals surface area contributed by atoms with Gasteiger partial charge >= 0.3 is 0 Å². The first kappa shape index (κ1) is 19.4. The molecule has 0 spiro atoms. The molecule has 32 heavy (non-hydrogen) atoms. The zero-order chi connectivity index (χ0) is 21.7. The molecular weight excluding hydrogens is 470 g/mol. The second-order valence-corrected chi connectivity index (χ2v) is 8.90. The van der Waals surface area contributed by atoms with Crippen LogP contribution in [0, 0.1) is 0 Å². The number of hydrogen-bond donors (Lipinski definition) is 0. The maximum absolute atomic E-state index is 6.30. The van der Waals surface area contributed by atoms with Gasteiger partial charge in [0.05, 0.1) is 18.1 Å². The molecule has 1 aromatic heterocycles. The van der Waals surface area contributed by atoms with Gasteiger partial charge in [-0.1, -0.05) is 28.1 Å². The van der Waals surface area contributed by atoms with Crippen LogP contribution in [0.25, 0.3) is 22.0 Å². The molecule has 0 aliphatic carbocycles. The standard InChI is InChI=1S/C26H21BrNO4/c1-29-23-7-4-17-10-22-20-12-25-24(31-15-32-25)11-18(20)8-9-28(22)13-21(17)26(23)30-14-16-2-5-19(27)6-3-16/h2-7,10-13H,8-9,14-15H2,1H3/q+1. The van der Waals surface area contributed by atoms with Gasteiger partial charge in [0.1, 0.15) is 6.61 Å². The number of nitrogens with zero attached hydrogens (tertiary/aromatic N) is 1.